The molecule has 0 saturated heterocycles. The fourth-order valence-corrected chi connectivity index (χ4v) is 2.28. The number of hydrogen-bond donors (Lipinski definition) is 1. The van der Waals surface area contributed by atoms with Crippen molar-refractivity contribution in [3.63, 3.8) is 0 Å². The summed E-state index contributed by atoms with van der Waals surface area (Å²) < 4.78 is 10.1. The minimum atomic E-state index is -1.43. The largest absolute Gasteiger partial charge is 0.464 e. The zero-order chi connectivity index (χ0) is 25.9. The number of rotatable bonds is 20. The molecule has 0 aliphatic rings. The Morgan fingerprint density at radius 3 is 1.76 bits per heavy atom. The quantitative estimate of drug-likeness (QED) is 0.0998. The van der Waals surface area contributed by atoms with Crippen molar-refractivity contribution in [3.05, 3.63) is 30.3 Å². The van der Waals surface area contributed by atoms with Gasteiger partial charge in [0.2, 0.25) is 5.91 Å². The van der Waals surface area contributed by atoms with Gasteiger partial charge in [0.15, 0.2) is 6.04 Å². The lowest BCUT2D eigenvalue weighted by Crippen LogP contribution is -2.50. The molecule has 0 spiro atoms. The van der Waals surface area contributed by atoms with Gasteiger partial charge in [0.05, 0.1) is 26.4 Å². The zero-order valence-electron chi connectivity index (χ0n) is 18.3. The van der Waals surface area contributed by atoms with Gasteiger partial charge in [-0.3, -0.25) is 9.59 Å². The maximum Gasteiger partial charge on any atom is 0.332 e. The highest BCUT2D eigenvalue weighted by atomic mass is 17.0. The van der Waals surface area contributed by atoms with Crippen LogP contribution >= 0.6 is 0 Å². The van der Waals surface area contributed by atoms with Crippen LogP contribution in [0, 0.1) is 30.3 Å². The molecule has 0 aliphatic heterocycles. The second kappa shape index (κ2) is 17.6. The van der Waals surface area contributed by atoms with Gasteiger partial charge in [0.1, 0.15) is 6.10 Å². The number of esters is 2. The molecule has 0 aromatic carbocycles. The average molecular weight is 498 g/mol. The van der Waals surface area contributed by atoms with Gasteiger partial charge < -0.3 is 29.3 Å². The second-order valence-corrected chi connectivity index (χ2v) is 6.49. The van der Waals surface area contributed by atoms with Crippen molar-refractivity contribution in [2.45, 2.75) is 57.6 Å². The lowest BCUT2D eigenvalue weighted by molar-refractivity contribution is -0.757. The minimum absolute atomic E-state index is 0.0311. The third kappa shape index (κ3) is 16.7. The van der Waals surface area contributed by atoms with Crippen LogP contribution in [0.3, 0.4) is 0 Å². The number of carbonyl (C=O) groups is 3. The Bertz CT molecular complexity index is 703. The molecule has 0 fully saturated rings. The normalized spacial score (nSPS) is 11.9. The highest BCUT2D eigenvalue weighted by Gasteiger charge is 2.31. The van der Waals surface area contributed by atoms with Gasteiger partial charge in [0, 0.05) is 12.8 Å². The van der Waals surface area contributed by atoms with Gasteiger partial charge in [-0.2, -0.15) is 0 Å². The first-order valence-corrected chi connectivity index (χ1v) is 10.00. The van der Waals surface area contributed by atoms with E-state index in [1.807, 2.05) is 0 Å². The molecule has 0 rings (SSSR count). The van der Waals surface area contributed by atoms with E-state index in [0.29, 0.717) is 0 Å². The van der Waals surface area contributed by atoms with Gasteiger partial charge in [-0.25, -0.2) is 4.79 Å². The summed E-state index contributed by atoms with van der Waals surface area (Å²) in [5, 5.41) is 29.6. The molecule has 0 radical (unpaired) electrons. The van der Waals surface area contributed by atoms with Gasteiger partial charge in [-0.05, 0) is 32.6 Å². The number of nitrogens with zero attached hydrogens (tertiary/aromatic N) is 3. The summed E-state index contributed by atoms with van der Waals surface area (Å²) in [5.41, 5.74) is 0. The number of nitrogens with one attached hydrogen (secondary N) is 1. The van der Waals surface area contributed by atoms with Crippen LogP contribution < -0.4 is 5.32 Å². The molecule has 194 valence electrons. The number of ether oxygens (including phenoxy) is 2. The molecule has 0 bridgehead atoms. The molecular weight excluding hydrogens is 472 g/mol. The fourth-order valence-electron chi connectivity index (χ4n) is 2.28. The molecule has 1 N–H and O–H groups in total. The monoisotopic (exact) mass is 498 g/mol. The molecule has 0 saturated carbocycles. The maximum absolute atomic E-state index is 12.4. The second-order valence-electron chi connectivity index (χ2n) is 6.49. The van der Waals surface area contributed by atoms with Crippen LogP contribution in [0.4, 0.5) is 0 Å². The number of amides is 1. The Labute approximate surface area is 192 Å². The molecule has 34 heavy (non-hydrogen) atoms. The molecule has 0 aromatic heterocycles. The maximum atomic E-state index is 12.4. The lowest BCUT2D eigenvalue weighted by Gasteiger charge is -2.24. The Kier molecular flexibility index (Phi) is 15.5. The predicted octanol–water partition coefficient (Wildman–Crippen LogP) is -0.0884. The number of unbranched alkanes of at least 4 members (excludes halogenated alkanes) is 1. The van der Waals surface area contributed by atoms with Crippen molar-refractivity contribution in [3.8, 4) is 0 Å². The highest BCUT2D eigenvalue weighted by Crippen LogP contribution is 2.07. The third-order valence-corrected chi connectivity index (χ3v) is 3.80. The van der Waals surface area contributed by atoms with Crippen molar-refractivity contribution in [1.29, 1.82) is 0 Å². The Hall–Kier alpha value is -3.99. The van der Waals surface area contributed by atoms with Crippen molar-refractivity contribution in [2.75, 3.05) is 26.4 Å². The molecule has 2 atom stereocenters. The molecule has 18 heteroatoms. The predicted molar refractivity (Wildman–Crippen MR) is 105 cm³/mol. The van der Waals surface area contributed by atoms with E-state index in [2.05, 4.69) is 19.8 Å². The van der Waals surface area contributed by atoms with Crippen LogP contribution in [0.15, 0.2) is 0 Å². The zero-order valence-corrected chi connectivity index (χ0v) is 18.3. The molecule has 18 nitrogen and oxygen atoms in total. The lowest BCUT2D eigenvalue weighted by atomic mass is 10.1. The van der Waals surface area contributed by atoms with E-state index in [1.54, 1.807) is 0 Å². The Morgan fingerprint density at radius 2 is 1.24 bits per heavy atom. The number of carbonyl (C=O) groups excluding carboxylic acids is 3. The summed E-state index contributed by atoms with van der Waals surface area (Å²) in [6, 6.07) is -1.43. The summed E-state index contributed by atoms with van der Waals surface area (Å²) >= 11 is 0. The van der Waals surface area contributed by atoms with Crippen LogP contribution in [-0.2, 0) is 38.4 Å². The standard InChI is InChI=1S/C16H26N4O14/c1-12(34-14(22)7-5-11-33-20(28)29)15(17-13(21)6-4-10-32-19(26)27)16(23)30-8-2-3-9-31-18(24)25/h12,15H,2-11H2,1H3,(H,17,21). The van der Waals surface area contributed by atoms with Gasteiger partial charge in [-0.15, -0.1) is 30.3 Å². The van der Waals surface area contributed by atoms with Crippen LogP contribution in [0.1, 0.15) is 45.4 Å². The first-order valence-electron chi connectivity index (χ1n) is 10.00. The van der Waals surface area contributed by atoms with Crippen molar-refractivity contribution < 1.29 is 53.6 Å². The van der Waals surface area contributed by atoms with Crippen LogP contribution in [0.25, 0.3) is 0 Å². The van der Waals surface area contributed by atoms with E-state index >= 15 is 0 Å². The molecule has 0 heterocycles. The minimum Gasteiger partial charge on any atom is -0.464 e. The Balaban J connectivity index is 4.76. The summed E-state index contributed by atoms with van der Waals surface area (Å²) in [4.78, 5) is 79.0. The average Bonchev–Trinajstić information content (AvgIpc) is 2.74. The van der Waals surface area contributed by atoms with Gasteiger partial charge in [0.25, 0.3) is 15.3 Å². The van der Waals surface area contributed by atoms with E-state index in [1.165, 1.54) is 6.92 Å². The molecule has 0 aliphatic carbocycles. The fraction of sp³-hybridized carbons (Fsp3) is 0.812. The van der Waals surface area contributed by atoms with Crippen molar-refractivity contribution in [2.24, 2.45) is 0 Å². The first-order chi connectivity index (χ1) is 16.0. The SMILES string of the molecule is CC(OC(=O)CCCO[N+](=O)[O-])C(NC(=O)CCCO[N+](=O)[O-])C(=O)OCCCCO[N+](=O)[O-]. The van der Waals surface area contributed by atoms with Crippen molar-refractivity contribution in [1.82, 2.24) is 5.32 Å². The summed E-state index contributed by atoms with van der Waals surface area (Å²) in [7, 11) is 0. The van der Waals surface area contributed by atoms with Crippen LogP contribution in [-0.4, -0.2) is 71.7 Å². The van der Waals surface area contributed by atoms with E-state index < -0.39 is 45.3 Å². The Morgan fingerprint density at radius 1 is 0.765 bits per heavy atom. The van der Waals surface area contributed by atoms with Crippen molar-refractivity contribution >= 4 is 17.8 Å². The van der Waals surface area contributed by atoms with Crippen LogP contribution in [0.5, 0.6) is 0 Å². The van der Waals surface area contributed by atoms with E-state index in [9.17, 15) is 44.7 Å². The highest BCUT2D eigenvalue weighted by molar-refractivity contribution is 5.85. The van der Waals surface area contributed by atoms with Gasteiger partial charge >= 0.3 is 11.9 Å². The molecule has 0 aromatic rings. The first kappa shape index (κ1) is 30.0. The molecule has 1 amide bonds. The third-order valence-electron chi connectivity index (χ3n) is 3.80. The summed E-state index contributed by atoms with van der Waals surface area (Å²) in [6.45, 7) is 0.245. The molecular formula is C16H26N4O14. The summed E-state index contributed by atoms with van der Waals surface area (Å²) in [5.74, 6) is -2.47. The topological polar surface area (TPSA) is 239 Å². The summed E-state index contributed by atoms with van der Waals surface area (Å²) in [6.07, 6.45) is -1.35. The number of hydrogen-bond acceptors (Lipinski definition) is 14. The smallest absolute Gasteiger partial charge is 0.332 e. The van der Waals surface area contributed by atoms with Crippen LogP contribution in [0.2, 0.25) is 0 Å². The van der Waals surface area contributed by atoms with Gasteiger partial charge in [-0.1, -0.05) is 0 Å². The molecule has 2 unspecified atom stereocenters. The van der Waals surface area contributed by atoms with E-state index in [0.717, 1.165) is 0 Å². The van der Waals surface area contributed by atoms with E-state index in [-0.39, 0.29) is 65.0 Å². The van der Waals surface area contributed by atoms with E-state index in [4.69, 9.17) is 9.47 Å².